The highest BCUT2D eigenvalue weighted by atomic mass is 16.6. The number of carbonyl (C=O) groups excluding carboxylic acids is 1. The van der Waals surface area contributed by atoms with Gasteiger partial charge in [-0.1, -0.05) is 6.07 Å². The Hall–Kier alpha value is -1.75. The summed E-state index contributed by atoms with van der Waals surface area (Å²) in [5.41, 5.74) is 0.572. The van der Waals surface area contributed by atoms with Crippen molar-refractivity contribution in [3.63, 3.8) is 0 Å². The highest BCUT2D eigenvalue weighted by Gasteiger charge is 2.25. The summed E-state index contributed by atoms with van der Waals surface area (Å²) >= 11 is 0. The minimum Gasteiger partial charge on any atom is -0.486 e. The lowest BCUT2D eigenvalue weighted by Crippen LogP contribution is -2.41. The maximum absolute atomic E-state index is 12.5. The highest BCUT2D eigenvalue weighted by Crippen LogP contribution is 2.33. The van der Waals surface area contributed by atoms with Gasteiger partial charge in [0.05, 0.1) is 5.56 Å². The van der Waals surface area contributed by atoms with Crippen molar-refractivity contribution in [3.8, 4) is 11.5 Å². The summed E-state index contributed by atoms with van der Waals surface area (Å²) in [6.45, 7) is 1.02. The van der Waals surface area contributed by atoms with Gasteiger partial charge in [-0.3, -0.25) is 4.79 Å². The molecule has 2 N–H and O–H groups in total. The Bertz CT molecular complexity index is 510. The van der Waals surface area contributed by atoms with Crippen LogP contribution in [0.25, 0.3) is 0 Å². The Labute approximate surface area is 125 Å². The molecule has 1 amide bonds. The van der Waals surface area contributed by atoms with Crippen LogP contribution < -0.4 is 20.1 Å². The molecule has 0 unspecified atom stereocenters. The molecule has 0 atom stereocenters. The Morgan fingerprint density at radius 3 is 2.57 bits per heavy atom. The summed E-state index contributed by atoms with van der Waals surface area (Å²) in [6.07, 6.45) is 4.25. The minimum atomic E-state index is -0.0646. The van der Waals surface area contributed by atoms with Crippen molar-refractivity contribution in [2.75, 3.05) is 20.3 Å². The molecular formula is C16H22N2O3. The largest absolute Gasteiger partial charge is 0.486 e. The van der Waals surface area contributed by atoms with Gasteiger partial charge in [0, 0.05) is 12.1 Å². The molecule has 0 saturated heterocycles. The van der Waals surface area contributed by atoms with Crippen LogP contribution in [0.4, 0.5) is 0 Å². The summed E-state index contributed by atoms with van der Waals surface area (Å²) in [5.74, 6) is 1.17. The molecule has 1 aromatic rings. The number of nitrogens with one attached hydrogen (secondary N) is 2. The average molecular weight is 290 g/mol. The number of rotatable bonds is 3. The maximum atomic E-state index is 12.5. The van der Waals surface area contributed by atoms with E-state index in [4.69, 9.17) is 9.47 Å². The quantitative estimate of drug-likeness (QED) is 0.890. The fraction of sp³-hybridized carbons (Fsp3) is 0.562. The molecule has 1 aliphatic heterocycles. The first-order valence-corrected chi connectivity index (χ1v) is 7.64. The van der Waals surface area contributed by atoms with Crippen molar-refractivity contribution < 1.29 is 14.3 Å². The van der Waals surface area contributed by atoms with E-state index in [1.54, 1.807) is 6.07 Å². The number of benzene rings is 1. The van der Waals surface area contributed by atoms with Gasteiger partial charge in [0.15, 0.2) is 11.5 Å². The van der Waals surface area contributed by atoms with E-state index in [1.807, 2.05) is 19.2 Å². The van der Waals surface area contributed by atoms with Crippen LogP contribution in [-0.2, 0) is 0 Å². The first-order chi connectivity index (χ1) is 10.3. The lowest BCUT2D eigenvalue weighted by Gasteiger charge is -2.29. The molecule has 1 fully saturated rings. The van der Waals surface area contributed by atoms with Gasteiger partial charge >= 0.3 is 0 Å². The maximum Gasteiger partial charge on any atom is 0.255 e. The van der Waals surface area contributed by atoms with E-state index >= 15 is 0 Å². The molecule has 0 radical (unpaired) electrons. The van der Waals surface area contributed by atoms with Crippen LogP contribution in [0.3, 0.4) is 0 Å². The molecule has 2 aliphatic rings. The molecule has 0 bridgehead atoms. The third-order valence-electron chi connectivity index (χ3n) is 4.28. The Morgan fingerprint density at radius 1 is 1.10 bits per heavy atom. The normalized spacial score (nSPS) is 24.4. The van der Waals surface area contributed by atoms with Crippen LogP contribution in [0.1, 0.15) is 36.0 Å². The van der Waals surface area contributed by atoms with Crippen LogP contribution in [0.2, 0.25) is 0 Å². The molecule has 0 spiro atoms. The van der Waals surface area contributed by atoms with Crippen molar-refractivity contribution in [3.05, 3.63) is 23.8 Å². The van der Waals surface area contributed by atoms with Crippen molar-refractivity contribution >= 4 is 5.91 Å². The van der Waals surface area contributed by atoms with Crippen LogP contribution in [0.5, 0.6) is 11.5 Å². The predicted molar refractivity (Wildman–Crippen MR) is 80.0 cm³/mol. The smallest absolute Gasteiger partial charge is 0.255 e. The zero-order chi connectivity index (χ0) is 14.7. The van der Waals surface area contributed by atoms with E-state index in [2.05, 4.69) is 10.6 Å². The zero-order valence-electron chi connectivity index (χ0n) is 12.4. The third kappa shape index (κ3) is 3.13. The molecular weight excluding hydrogens is 268 g/mol. The second-order valence-electron chi connectivity index (χ2n) is 5.64. The van der Waals surface area contributed by atoms with E-state index in [9.17, 15) is 4.79 Å². The number of para-hydroxylation sites is 1. The summed E-state index contributed by atoms with van der Waals surface area (Å²) in [7, 11) is 2.00. The van der Waals surface area contributed by atoms with Gasteiger partial charge < -0.3 is 20.1 Å². The van der Waals surface area contributed by atoms with Crippen molar-refractivity contribution in [1.29, 1.82) is 0 Å². The third-order valence-corrected chi connectivity index (χ3v) is 4.28. The van der Waals surface area contributed by atoms with Gasteiger partial charge in [-0.25, -0.2) is 0 Å². The molecule has 114 valence electrons. The van der Waals surface area contributed by atoms with Gasteiger partial charge in [0.25, 0.3) is 5.91 Å². The minimum absolute atomic E-state index is 0.0646. The fourth-order valence-electron chi connectivity index (χ4n) is 3.04. The van der Waals surface area contributed by atoms with Gasteiger partial charge in [-0.2, -0.15) is 0 Å². The molecule has 1 saturated carbocycles. The molecule has 5 heteroatoms. The molecule has 5 nitrogen and oxygen atoms in total. The number of hydrogen-bond acceptors (Lipinski definition) is 4. The summed E-state index contributed by atoms with van der Waals surface area (Å²) < 4.78 is 11.1. The molecule has 1 aromatic carbocycles. The zero-order valence-corrected chi connectivity index (χ0v) is 12.4. The Balaban J connectivity index is 1.66. The predicted octanol–water partition coefficient (Wildman–Crippen LogP) is 1.72. The van der Waals surface area contributed by atoms with E-state index < -0.39 is 0 Å². The molecule has 1 aliphatic carbocycles. The van der Waals surface area contributed by atoms with Gasteiger partial charge in [-0.05, 0) is 44.9 Å². The SMILES string of the molecule is CNC1CCC(NC(=O)c2cccc3c2OCCO3)CC1. The van der Waals surface area contributed by atoms with Crippen molar-refractivity contribution in [2.45, 2.75) is 37.8 Å². The van der Waals surface area contributed by atoms with Crippen LogP contribution in [0.15, 0.2) is 18.2 Å². The van der Waals surface area contributed by atoms with Crippen molar-refractivity contribution in [1.82, 2.24) is 10.6 Å². The average Bonchev–Trinajstić information content (AvgIpc) is 2.55. The van der Waals surface area contributed by atoms with E-state index in [1.165, 1.54) is 0 Å². The van der Waals surface area contributed by atoms with Crippen LogP contribution >= 0.6 is 0 Å². The van der Waals surface area contributed by atoms with E-state index in [0.29, 0.717) is 36.3 Å². The number of amides is 1. The summed E-state index contributed by atoms with van der Waals surface area (Å²) in [5, 5.41) is 6.43. The number of hydrogen-bond donors (Lipinski definition) is 2. The fourth-order valence-corrected chi connectivity index (χ4v) is 3.04. The Kier molecular flexibility index (Phi) is 4.29. The molecule has 3 rings (SSSR count). The second kappa shape index (κ2) is 6.35. The summed E-state index contributed by atoms with van der Waals surface area (Å²) in [6, 6.07) is 6.30. The second-order valence-corrected chi connectivity index (χ2v) is 5.64. The molecule has 1 heterocycles. The van der Waals surface area contributed by atoms with E-state index in [0.717, 1.165) is 25.7 Å². The Morgan fingerprint density at radius 2 is 1.81 bits per heavy atom. The van der Waals surface area contributed by atoms with Crippen LogP contribution in [0, 0.1) is 0 Å². The number of fused-ring (bicyclic) bond motifs is 1. The standard InChI is InChI=1S/C16H22N2O3/c1-17-11-5-7-12(8-6-11)18-16(19)13-3-2-4-14-15(13)21-10-9-20-14/h2-4,11-12,17H,5-10H2,1H3,(H,18,19). The molecule has 21 heavy (non-hydrogen) atoms. The number of carbonyl (C=O) groups is 1. The lowest BCUT2D eigenvalue weighted by molar-refractivity contribution is 0.0913. The first-order valence-electron chi connectivity index (χ1n) is 7.64. The monoisotopic (exact) mass is 290 g/mol. The van der Waals surface area contributed by atoms with E-state index in [-0.39, 0.29) is 11.9 Å². The van der Waals surface area contributed by atoms with Crippen LogP contribution in [-0.4, -0.2) is 38.3 Å². The number of ether oxygens (including phenoxy) is 2. The molecule has 0 aromatic heterocycles. The summed E-state index contributed by atoms with van der Waals surface area (Å²) in [4.78, 5) is 12.5. The van der Waals surface area contributed by atoms with Crippen molar-refractivity contribution in [2.24, 2.45) is 0 Å². The van der Waals surface area contributed by atoms with Gasteiger partial charge in [0.2, 0.25) is 0 Å². The van der Waals surface area contributed by atoms with Gasteiger partial charge in [0.1, 0.15) is 13.2 Å². The highest BCUT2D eigenvalue weighted by molar-refractivity contribution is 5.98. The topological polar surface area (TPSA) is 59.6 Å². The lowest BCUT2D eigenvalue weighted by atomic mass is 9.91. The first kappa shape index (κ1) is 14.2. The van der Waals surface area contributed by atoms with Gasteiger partial charge in [-0.15, -0.1) is 0 Å².